The van der Waals surface area contributed by atoms with Crippen LogP contribution in [0.1, 0.15) is 45.4 Å². The van der Waals surface area contributed by atoms with Gasteiger partial charge in [0.1, 0.15) is 0 Å². The molecular weight excluding hydrogens is 261 g/mol. The molecule has 0 radical (unpaired) electrons. The first-order chi connectivity index (χ1) is 8.79. The number of alkyl halides is 3. The topological polar surface area (TPSA) is 52.9 Å². The Morgan fingerprint density at radius 3 is 2.63 bits per heavy atom. The van der Waals surface area contributed by atoms with Crippen LogP contribution < -0.4 is 0 Å². The van der Waals surface area contributed by atoms with E-state index in [1.54, 1.807) is 0 Å². The standard InChI is InChI=1S/C12H17F3N2O2/c1-2-3-4-9-7-11(19,12(13,14)15)17(16-9)10(18)8-5-6-8/h8,19H,2-7H2,1H3. The SMILES string of the molecule is CCCCC1=NN(C(=O)C2CC2)C(O)(C(F)(F)F)C1. The van der Waals surface area contributed by atoms with E-state index in [1.807, 2.05) is 6.92 Å². The van der Waals surface area contributed by atoms with Gasteiger partial charge in [0.25, 0.3) is 5.72 Å². The minimum atomic E-state index is -4.89. The molecule has 1 saturated carbocycles. The summed E-state index contributed by atoms with van der Waals surface area (Å²) in [6, 6.07) is 0. The van der Waals surface area contributed by atoms with Gasteiger partial charge in [-0.3, -0.25) is 4.79 Å². The third-order valence-corrected chi connectivity index (χ3v) is 3.45. The number of nitrogens with zero attached hydrogens (tertiary/aromatic N) is 2. The molecule has 0 aromatic carbocycles. The molecule has 2 aliphatic rings. The summed E-state index contributed by atoms with van der Waals surface area (Å²) in [7, 11) is 0. The molecule has 1 aliphatic carbocycles. The molecule has 2 rings (SSSR count). The van der Waals surface area contributed by atoms with E-state index in [-0.39, 0.29) is 10.7 Å². The molecule has 0 aromatic rings. The second-order valence-electron chi connectivity index (χ2n) is 5.19. The van der Waals surface area contributed by atoms with Crippen LogP contribution in [0, 0.1) is 5.92 Å². The summed E-state index contributed by atoms with van der Waals surface area (Å²) < 4.78 is 39.1. The summed E-state index contributed by atoms with van der Waals surface area (Å²) in [6.45, 7) is 1.92. The van der Waals surface area contributed by atoms with Gasteiger partial charge in [0.15, 0.2) is 0 Å². The molecule has 0 aromatic heterocycles. The molecule has 4 nitrogen and oxygen atoms in total. The zero-order chi connectivity index (χ0) is 14.3. The van der Waals surface area contributed by atoms with Gasteiger partial charge in [-0.25, -0.2) is 0 Å². The van der Waals surface area contributed by atoms with E-state index in [2.05, 4.69) is 5.10 Å². The molecule has 0 saturated heterocycles. The zero-order valence-corrected chi connectivity index (χ0v) is 10.7. The first-order valence-corrected chi connectivity index (χ1v) is 6.49. The van der Waals surface area contributed by atoms with Gasteiger partial charge in [-0.05, 0) is 25.7 Å². The third-order valence-electron chi connectivity index (χ3n) is 3.45. The summed E-state index contributed by atoms with van der Waals surface area (Å²) in [4.78, 5) is 11.8. The molecule has 1 fully saturated rings. The fourth-order valence-electron chi connectivity index (χ4n) is 2.09. The fourth-order valence-corrected chi connectivity index (χ4v) is 2.09. The first-order valence-electron chi connectivity index (χ1n) is 6.49. The predicted molar refractivity (Wildman–Crippen MR) is 62.2 cm³/mol. The second-order valence-corrected chi connectivity index (χ2v) is 5.19. The van der Waals surface area contributed by atoms with Gasteiger partial charge in [-0.15, -0.1) is 0 Å². The van der Waals surface area contributed by atoms with Gasteiger partial charge in [0.05, 0.1) is 0 Å². The largest absolute Gasteiger partial charge is 0.438 e. The normalized spacial score (nSPS) is 27.6. The Morgan fingerprint density at radius 1 is 1.53 bits per heavy atom. The van der Waals surface area contributed by atoms with Crippen LogP contribution in [0.2, 0.25) is 0 Å². The highest BCUT2D eigenvalue weighted by Crippen LogP contribution is 2.44. The summed E-state index contributed by atoms with van der Waals surface area (Å²) >= 11 is 0. The van der Waals surface area contributed by atoms with Crippen molar-refractivity contribution in [1.82, 2.24) is 5.01 Å². The third kappa shape index (κ3) is 2.61. The Balaban J connectivity index is 2.21. The van der Waals surface area contributed by atoms with E-state index in [1.165, 1.54) is 0 Å². The lowest BCUT2D eigenvalue weighted by Crippen LogP contribution is -2.57. The van der Waals surface area contributed by atoms with Crippen LogP contribution in [0.25, 0.3) is 0 Å². The molecule has 1 heterocycles. The van der Waals surface area contributed by atoms with Crippen molar-refractivity contribution in [2.75, 3.05) is 0 Å². The van der Waals surface area contributed by atoms with Gasteiger partial charge < -0.3 is 5.11 Å². The van der Waals surface area contributed by atoms with E-state index in [9.17, 15) is 23.1 Å². The Morgan fingerprint density at radius 2 is 2.16 bits per heavy atom. The van der Waals surface area contributed by atoms with Crippen molar-refractivity contribution in [3.8, 4) is 0 Å². The highest BCUT2D eigenvalue weighted by molar-refractivity contribution is 5.91. The summed E-state index contributed by atoms with van der Waals surface area (Å²) in [5.74, 6) is -1.13. The van der Waals surface area contributed by atoms with Gasteiger partial charge in [-0.2, -0.15) is 23.3 Å². The minimum absolute atomic E-state index is 0.246. The van der Waals surface area contributed by atoms with E-state index >= 15 is 0 Å². The molecule has 1 N–H and O–H groups in total. The molecule has 1 unspecified atom stereocenters. The van der Waals surface area contributed by atoms with Crippen molar-refractivity contribution >= 4 is 11.6 Å². The van der Waals surface area contributed by atoms with Crippen LogP contribution in [0.15, 0.2) is 5.10 Å². The van der Waals surface area contributed by atoms with Crippen molar-refractivity contribution in [2.24, 2.45) is 11.0 Å². The number of carbonyl (C=O) groups is 1. The number of hydrogen-bond acceptors (Lipinski definition) is 3. The van der Waals surface area contributed by atoms with Crippen LogP contribution in [0.3, 0.4) is 0 Å². The second kappa shape index (κ2) is 4.77. The summed E-state index contributed by atoms with van der Waals surface area (Å²) in [5, 5.41) is 13.9. The van der Waals surface area contributed by atoms with Gasteiger partial charge in [0, 0.05) is 18.1 Å². The van der Waals surface area contributed by atoms with Crippen LogP contribution in [0.4, 0.5) is 13.2 Å². The molecule has 1 atom stereocenters. The average molecular weight is 278 g/mol. The summed E-state index contributed by atoms with van der Waals surface area (Å²) in [5.41, 5.74) is -2.91. The van der Waals surface area contributed by atoms with Crippen molar-refractivity contribution in [3.05, 3.63) is 0 Å². The molecule has 19 heavy (non-hydrogen) atoms. The van der Waals surface area contributed by atoms with Gasteiger partial charge in [0.2, 0.25) is 5.91 Å². The molecular formula is C12H17F3N2O2. The molecule has 108 valence electrons. The predicted octanol–water partition coefficient (Wildman–Crippen LogP) is 2.43. The van der Waals surface area contributed by atoms with E-state index in [0.717, 1.165) is 6.42 Å². The number of rotatable bonds is 4. The molecule has 7 heteroatoms. The zero-order valence-electron chi connectivity index (χ0n) is 10.7. The number of halogens is 3. The van der Waals surface area contributed by atoms with Crippen molar-refractivity contribution in [3.63, 3.8) is 0 Å². The number of aliphatic hydroxyl groups is 1. The Bertz CT molecular complexity index is 404. The monoisotopic (exact) mass is 278 g/mol. The highest BCUT2D eigenvalue weighted by Gasteiger charge is 2.63. The molecule has 1 amide bonds. The van der Waals surface area contributed by atoms with Crippen molar-refractivity contribution in [2.45, 2.75) is 57.3 Å². The maximum Gasteiger partial charge on any atom is 0.438 e. The Kier molecular flexibility index (Phi) is 3.59. The minimum Gasteiger partial charge on any atom is -0.362 e. The van der Waals surface area contributed by atoms with E-state index < -0.39 is 30.1 Å². The van der Waals surface area contributed by atoms with Crippen LogP contribution in [-0.4, -0.2) is 33.6 Å². The van der Waals surface area contributed by atoms with Gasteiger partial charge in [-0.1, -0.05) is 13.3 Å². The van der Waals surface area contributed by atoms with Crippen LogP contribution in [-0.2, 0) is 4.79 Å². The van der Waals surface area contributed by atoms with Crippen LogP contribution >= 0.6 is 0 Å². The lowest BCUT2D eigenvalue weighted by molar-refractivity contribution is -0.302. The Labute approximate surface area is 109 Å². The Hall–Kier alpha value is -1.11. The van der Waals surface area contributed by atoms with E-state index in [4.69, 9.17) is 0 Å². The number of hydrazone groups is 1. The smallest absolute Gasteiger partial charge is 0.362 e. The summed E-state index contributed by atoms with van der Waals surface area (Å²) in [6.07, 6.45) is -2.49. The first kappa shape index (κ1) is 14.3. The highest BCUT2D eigenvalue weighted by atomic mass is 19.4. The molecule has 1 aliphatic heterocycles. The number of carbonyl (C=O) groups excluding carboxylic acids is 1. The number of hydrogen-bond donors (Lipinski definition) is 1. The van der Waals surface area contributed by atoms with Crippen LogP contribution in [0.5, 0.6) is 0 Å². The molecule has 0 bridgehead atoms. The maximum absolute atomic E-state index is 13.0. The lowest BCUT2D eigenvalue weighted by atomic mass is 10.0. The average Bonchev–Trinajstić information content (AvgIpc) is 3.09. The molecule has 0 spiro atoms. The maximum atomic E-state index is 13.0. The number of amides is 1. The van der Waals surface area contributed by atoms with Crippen molar-refractivity contribution in [1.29, 1.82) is 0 Å². The lowest BCUT2D eigenvalue weighted by Gasteiger charge is -2.32. The fraction of sp³-hybridized carbons (Fsp3) is 0.833. The van der Waals surface area contributed by atoms with E-state index in [0.29, 0.717) is 25.7 Å². The van der Waals surface area contributed by atoms with Gasteiger partial charge >= 0.3 is 6.18 Å². The van der Waals surface area contributed by atoms with Crippen molar-refractivity contribution < 1.29 is 23.1 Å². The number of unbranched alkanes of at least 4 members (excludes halogenated alkanes) is 1. The quantitative estimate of drug-likeness (QED) is 0.858.